The fraction of sp³-hybridized carbons (Fsp3) is 0.444. The summed E-state index contributed by atoms with van der Waals surface area (Å²) in [4.78, 5) is 10.00. The van der Waals surface area contributed by atoms with Gasteiger partial charge in [-0.15, -0.1) is 11.3 Å². The van der Waals surface area contributed by atoms with Gasteiger partial charge in [-0.2, -0.15) is 0 Å². The lowest BCUT2D eigenvalue weighted by atomic mass is 9.84. The molecule has 0 atom stereocenters. The van der Waals surface area contributed by atoms with Crippen molar-refractivity contribution in [2.24, 2.45) is 4.99 Å². The molecular weight excluding hydrogens is 323 g/mol. The predicted molar refractivity (Wildman–Crippen MR) is 99.2 cm³/mol. The van der Waals surface area contributed by atoms with Crippen LogP contribution in [0.1, 0.15) is 35.0 Å². The fourth-order valence-corrected chi connectivity index (χ4v) is 3.18. The van der Waals surface area contributed by atoms with Crippen molar-refractivity contribution in [1.82, 2.24) is 15.6 Å². The number of guanidine groups is 1. The van der Waals surface area contributed by atoms with Gasteiger partial charge in [-0.25, -0.2) is 9.37 Å². The van der Waals surface area contributed by atoms with Gasteiger partial charge in [-0.3, -0.25) is 4.99 Å². The van der Waals surface area contributed by atoms with Gasteiger partial charge in [0.1, 0.15) is 10.8 Å². The second-order valence-electron chi connectivity index (χ2n) is 6.42. The Bertz CT molecular complexity index is 702. The zero-order valence-corrected chi connectivity index (χ0v) is 15.7. The molecule has 0 aliphatic carbocycles. The summed E-state index contributed by atoms with van der Waals surface area (Å²) in [5.41, 5.74) is 1.82. The van der Waals surface area contributed by atoms with Crippen LogP contribution in [0.2, 0.25) is 0 Å². The summed E-state index contributed by atoms with van der Waals surface area (Å²) in [6.07, 6.45) is 0. The molecule has 0 aliphatic heterocycles. The van der Waals surface area contributed by atoms with Gasteiger partial charge in [0, 0.05) is 23.9 Å². The van der Waals surface area contributed by atoms with Crippen molar-refractivity contribution >= 4 is 17.3 Å². The molecule has 0 radical (unpaired) electrons. The monoisotopic (exact) mass is 348 g/mol. The van der Waals surface area contributed by atoms with Gasteiger partial charge in [0.05, 0.1) is 12.2 Å². The molecule has 0 fully saturated rings. The number of hydrogen-bond donors (Lipinski definition) is 2. The van der Waals surface area contributed by atoms with Gasteiger partial charge in [-0.05, 0) is 31.5 Å². The highest BCUT2D eigenvalue weighted by Crippen LogP contribution is 2.22. The lowest BCUT2D eigenvalue weighted by molar-refractivity contribution is 0.503. The Labute approximate surface area is 147 Å². The molecule has 0 unspecified atom stereocenters. The van der Waals surface area contributed by atoms with E-state index in [2.05, 4.69) is 41.4 Å². The van der Waals surface area contributed by atoms with Gasteiger partial charge < -0.3 is 10.6 Å². The van der Waals surface area contributed by atoms with E-state index in [9.17, 15) is 4.39 Å². The first-order valence-electron chi connectivity index (χ1n) is 7.95. The van der Waals surface area contributed by atoms with Crippen LogP contribution in [0.25, 0.3) is 0 Å². The summed E-state index contributed by atoms with van der Waals surface area (Å²) in [7, 11) is 1.74. The van der Waals surface area contributed by atoms with Crippen molar-refractivity contribution in [3.05, 3.63) is 51.2 Å². The van der Waals surface area contributed by atoms with Crippen molar-refractivity contribution in [2.75, 3.05) is 13.6 Å². The van der Waals surface area contributed by atoms with Crippen molar-refractivity contribution < 1.29 is 4.39 Å². The van der Waals surface area contributed by atoms with Gasteiger partial charge in [0.2, 0.25) is 0 Å². The Balaban J connectivity index is 1.93. The fourth-order valence-electron chi connectivity index (χ4n) is 2.31. The van der Waals surface area contributed by atoms with Crippen LogP contribution in [0.15, 0.2) is 29.3 Å². The number of halogens is 1. The van der Waals surface area contributed by atoms with Crippen molar-refractivity contribution in [1.29, 1.82) is 0 Å². The molecule has 24 heavy (non-hydrogen) atoms. The Kier molecular flexibility index (Phi) is 5.94. The van der Waals surface area contributed by atoms with Crippen LogP contribution in [0.5, 0.6) is 0 Å². The normalized spacial score (nSPS) is 12.3. The standard InChI is InChI=1S/C18H25FN4S/c1-12-13(2)24-16(23-12)10-21-17(20-5)22-11-18(3,4)14-7-6-8-15(19)9-14/h6-9H,10-11H2,1-5H3,(H2,20,21,22). The zero-order valence-electron chi connectivity index (χ0n) is 14.9. The summed E-state index contributed by atoms with van der Waals surface area (Å²) in [5.74, 6) is 0.502. The minimum absolute atomic E-state index is 0.211. The second-order valence-corrected chi connectivity index (χ2v) is 7.71. The third kappa shape index (κ3) is 4.77. The third-order valence-electron chi connectivity index (χ3n) is 4.01. The van der Waals surface area contributed by atoms with Crippen LogP contribution in [-0.2, 0) is 12.0 Å². The number of thiazole rings is 1. The summed E-state index contributed by atoms with van der Waals surface area (Å²) in [6.45, 7) is 9.53. The molecule has 0 saturated carbocycles. The zero-order chi connectivity index (χ0) is 17.7. The van der Waals surface area contributed by atoms with E-state index in [4.69, 9.17) is 0 Å². The molecule has 0 bridgehead atoms. The van der Waals surface area contributed by atoms with Crippen LogP contribution >= 0.6 is 11.3 Å². The van der Waals surface area contributed by atoms with Crippen molar-refractivity contribution in [3.8, 4) is 0 Å². The molecule has 1 heterocycles. The molecule has 0 aliphatic rings. The van der Waals surface area contributed by atoms with E-state index in [1.165, 1.54) is 10.9 Å². The number of hydrogen-bond acceptors (Lipinski definition) is 3. The number of benzene rings is 1. The van der Waals surface area contributed by atoms with E-state index >= 15 is 0 Å². The summed E-state index contributed by atoms with van der Waals surface area (Å²) >= 11 is 1.69. The third-order valence-corrected chi connectivity index (χ3v) is 5.08. The van der Waals surface area contributed by atoms with Crippen molar-refractivity contribution in [2.45, 2.75) is 39.7 Å². The second kappa shape index (κ2) is 7.75. The Morgan fingerprint density at radius 1 is 1.29 bits per heavy atom. The van der Waals surface area contributed by atoms with Crippen molar-refractivity contribution in [3.63, 3.8) is 0 Å². The minimum atomic E-state index is -0.214. The highest BCUT2D eigenvalue weighted by Gasteiger charge is 2.21. The Morgan fingerprint density at radius 3 is 2.62 bits per heavy atom. The first-order chi connectivity index (χ1) is 11.3. The summed E-state index contributed by atoms with van der Waals surface area (Å²) in [6, 6.07) is 6.74. The molecule has 130 valence electrons. The Hall–Kier alpha value is -1.95. The lowest BCUT2D eigenvalue weighted by Gasteiger charge is -2.26. The molecule has 4 nitrogen and oxygen atoms in total. The molecule has 0 amide bonds. The molecular formula is C18H25FN4S. The van der Waals surface area contributed by atoms with E-state index < -0.39 is 0 Å². The van der Waals surface area contributed by atoms with E-state index in [1.807, 2.05) is 13.0 Å². The van der Waals surface area contributed by atoms with E-state index in [0.717, 1.165) is 16.3 Å². The average molecular weight is 348 g/mol. The molecule has 0 saturated heterocycles. The predicted octanol–water partition coefficient (Wildman–Crippen LogP) is 3.54. The van der Waals surface area contributed by atoms with Crippen LogP contribution in [0.3, 0.4) is 0 Å². The number of rotatable bonds is 5. The van der Waals surface area contributed by atoms with E-state index in [0.29, 0.717) is 19.0 Å². The number of aliphatic imine (C=N–C) groups is 1. The molecule has 2 aromatic rings. The highest BCUT2D eigenvalue weighted by atomic mass is 32.1. The maximum Gasteiger partial charge on any atom is 0.191 e. The Morgan fingerprint density at radius 2 is 2.04 bits per heavy atom. The largest absolute Gasteiger partial charge is 0.356 e. The molecule has 1 aromatic heterocycles. The van der Waals surface area contributed by atoms with Gasteiger partial charge in [0.15, 0.2) is 5.96 Å². The van der Waals surface area contributed by atoms with Gasteiger partial charge in [0.25, 0.3) is 0 Å². The average Bonchev–Trinajstić information content (AvgIpc) is 2.86. The number of aromatic nitrogens is 1. The summed E-state index contributed by atoms with van der Waals surface area (Å²) < 4.78 is 13.4. The van der Waals surface area contributed by atoms with E-state index in [-0.39, 0.29) is 11.2 Å². The van der Waals surface area contributed by atoms with Gasteiger partial charge in [-0.1, -0.05) is 26.0 Å². The first-order valence-corrected chi connectivity index (χ1v) is 8.77. The van der Waals surface area contributed by atoms with Crippen LogP contribution in [0.4, 0.5) is 4.39 Å². The molecule has 0 spiro atoms. The summed E-state index contributed by atoms with van der Waals surface area (Å²) in [5, 5.41) is 7.63. The number of nitrogens with zero attached hydrogens (tertiary/aromatic N) is 2. The highest BCUT2D eigenvalue weighted by molar-refractivity contribution is 7.11. The first kappa shape index (κ1) is 18.4. The maximum absolute atomic E-state index is 13.4. The molecule has 6 heteroatoms. The van der Waals surface area contributed by atoms with Crippen LogP contribution in [0, 0.1) is 19.7 Å². The van der Waals surface area contributed by atoms with Crippen LogP contribution in [-0.4, -0.2) is 24.5 Å². The molecule has 1 aromatic carbocycles. The van der Waals surface area contributed by atoms with Gasteiger partial charge >= 0.3 is 0 Å². The smallest absolute Gasteiger partial charge is 0.191 e. The number of nitrogens with one attached hydrogen (secondary N) is 2. The molecule has 2 rings (SSSR count). The van der Waals surface area contributed by atoms with Crippen LogP contribution < -0.4 is 10.6 Å². The maximum atomic E-state index is 13.4. The quantitative estimate of drug-likeness (QED) is 0.642. The minimum Gasteiger partial charge on any atom is -0.356 e. The molecule has 2 N–H and O–H groups in total. The number of aryl methyl sites for hydroxylation is 2. The lowest BCUT2D eigenvalue weighted by Crippen LogP contribution is -2.43. The topological polar surface area (TPSA) is 49.3 Å². The van der Waals surface area contributed by atoms with E-state index in [1.54, 1.807) is 30.5 Å². The SMILES string of the molecule is CN=C(NCc1nc(C)c(C)s1)NCC(C)(C)c1cccc(F)c1.